The molecule has 1 amide bonds. The first-order valence-corrected chi connectivity index (χ1v) is 7.92. The van der Waals surface area contributed by atoms with Crippen molar-refractivity contribution in [2.75, 3.05) is 18.5 Å². The molecule has 1 fully saturated rings. The molecule has 2 atom stereocenters. The van der Waals surface area contributed by atoms with Gasteiger partial charge in [-0.15, -0.1) is 5.10 Å². The van der Waals surface area contributed by atoms with Gasteiger partial charge in [-0.3, -0.25) is 14.9 Å². The summed E-state index contributed by atoms with van der Waals surface area (Å²) in [6.07, 6.45) is 2.01. The van der Waals surface area contributed by atoms with E-state index in [4.69, 9.17) is 14.6 Å². The van der Waals surface area contributed by atoms with Crippen LogP contribution in [0.2, 0.25) is 0 Å². The van der Waals surface area contributed by atoms with E-state index in [0.29, 0.717) is 19.0 Å². The maximum atomic E-state index is 12.3. The number of amides is 1. The zero-order valence-electron chi connectivity index (χ0n) is 13.2. The lowest BCUT2D eigenvalue weighted by Crippen LogP contribution is -2.17. The van der Waals surface area contributed by atoms with Crippen LogP contribution in [0.3, 0.4) is 0 Å². The third-order valence-corrected chi connectivity index (χ3v) is 4.19. The van der Waals surface area contributed by atoms with Crippen LogP contribution in [-0.4, -0.2) is 45.0 Å². The smallest absolute Gasteiger partial charge is 0.325 e. The topological polar surface area (TPSA) is 116 Å². The highest BCUT2D eigenvalue weighted by Crippen LogP contribution is 2.49. The van der Waals surface area contributed by atoms with Gasteiger partial charge in [0, 0.05) is 5.92 Å². The molecule has 9 nitrogen and oxygen atoms in total. The first-order valence-electron chi connectivity index (χ1n) is 7.92. The summed E-state index contributed by atoms with van der Waals surface area (Å²) >= 11 is 0. The quantitative estimate of drug-likeness (QED) is 0.827. The summed E-state index contributed by atoms with van der Waals surface area (Å²) in [5.41, 5.74) is 1.04. The fraction of sp³-hybridized carbons (Fsp3) is 0.375. The Morgan fingerprint density at radius 2 is 2.08 bits per heavy atom. The van der Waals surface area contributed by atoms with Crippen LogP contribution in [0.5, 0.6) is 11.5 Å². The number of nitrogens with one attached hydrogen (secondary N) is 1. The van der Waals surface area contributed by atoms with Crippen LogP contribution in [0.4, 0.5) is 5.95 Å². The Kier molecular flexibility index (Phi) is 3.75. The van der Waals surface area contributed by atoms with Gasteiger partial charge in [-0.05, 0) is 30.0 Å². The lowest BCUT2D eigenvalue weighted by atomic mass is 10.1. The Hall–Kier alpha value is -3.10. The molecule has 1 aliphatic carbocycles. The van der Waals surface area contributed by atoms with Crippen molar-refractivity contribution in [2.24, 2.45) is 5.92 Å². The van der Waals surface area contributed by atoms with E-state index in [-0.39, 0.29) is 30.2 Å². The number of fused-ring (bicyclic) bond motifs is 1. The summed E-state index contributed by atoms with van der Waals surface area (Å²) in [6, 6.07) is 5.74. The molecule has 2 heterocycles. The number of nitrogens with zero attached hydrogens (tertiary/aromatic N) is 3. The molecule has 25 heavy (non-hydrogen) atoms. The van der Waals surface area contributed by atoms with Crippen LogP contribution in [0.15, 0.2) is 24.5 Å². The highest BCUT2D eigenvalue weighted by Gasteiger charge is 2.44. The molecule has 0 radical (unpaired) electrons. The summed E-state index contributed by atoms with van der Waals surface area (Å²) in [4.78, 5) is 26.8. The van der Waals surface area contributed by atoms with Crippen molar-refractivity contribution >= 4 is 17.8 Å². The SMILES string of the molecule is O=C(O)Cn1cnc(NC(=O)C2CC2c2ccc3c(c2)OCCO3)n1. The molecule has 130 valence electrons. The molecular weight excluding hydrogens is 328 g/mol. The van der Waals surface area contributed by atoms with Crippen molar-refractivity contribution < 1.29 is 24.2 Å². The molecule has 0 saturated heterocycles. The van der Waals surface area contributed by atoms with Gasteiger partial charge < -0.3 is 14.6 Å². The van der Waals surface area contributed by atoms with Crippen LogP contribution >= 0.6 is 0 Å². The first kappa shape index (κ1) is 15.4. The Labute approximate surface area is 142 Å². The van der Waals surface area contributed by atoms with E-state index in [1.807, 2.05) is 18.2 Å². The van der Waals surface area contributed by atoms with Gasteiger partial charge >= 0.3 is 5.97 Å². The van der Waals surface area contributed by atoms with Gasteiger partial charge in [0.05, 0.1) is 0 Å². The average molecular weight is 344 g/mol. The van der Waals surface area contributed by atoms with Gasteiger partial charge in [0.1, 0.15) is 26.1 Å². The number of rotatable bonds is 5. The lowest BCUT2D eigenvalue weighted by molar-refractivity contribution is -0.137. The molecule has 1 aromatic carbocycles. The van der Waals surface area contributed by atoms with Crippen molar-refractivity contribution in [3.8, 4) is 11.5 Å². The molecule has 0 spiro atoms. The Bertz CT molecular complexity index is 834. The number of carbonyl (C=O) groups is 2. The Balaban J connectivity index is 1.38. The van der Waals surface area contributed by atoms with Crippen molar-refractivity contribution in [1.82, 2.24) is 14.8 Å². The molecule has 1 aliphatic heterocycles. The molecule has 1 aromatic heterocycles. The number of hydrogen-bond donors (Lipinski definition) is 2. The van der Waals surface area contributed by atoms with E-state index in [2.05, 4.69) is 15.4 Å². The van der Waals surface area contributed by atoms with E-state index in [9.17, 15) is 9.59 Å². The van der Waals surface area contributed by atoms with Gasteiger partial charge in [0.2, 0.25) is 11.9 Å². The Morgan fingerprint density at radius 1 is 1.28 bits per heavy atom. The van der Waals surface area contributed by atoms with E-state index >= 15 is 0 Å². The molecular formula is C16H16N4O5. The number of ether oxygens (including phenoxy) is 2. The molecule has 9 heteroatoms. The number of benzene rings is 1. The molecule has 0 bridgehead atoms. The van der Waals surface area contributed by atoms with Crippen LogP contribution in [-0.2, 0) is 16.1 Å². The second kappa shape index (κ2) is 6.08. The van der Waals surface area contributed by atoms with Gasteiger partial charge in [-0.1, -0.05) is 6.07 Å². The molecule has 1 saturated carbocycles. The zero-order chi connectivity index (χ0) is 17.4. The van der Waals surface area contributed by atoms with E-state index < -0.39 is 5.97 Å². The second-order valence-electron chi connectivity index (χ2n) is 6.00. The van der Waals surface area contributed by atoms with Crippen LogP contribution in [0.1, 0.15) is 17.9 Å². The van der Waals surface area contributed by atoms with Crippen molar-refractivity contribution in [3.05, 3.63) is 30.1 Å². The monoisotopic (exact) mass is 344 g/mol. The average Bonchev–Trinajstić information content (AvgIpc) is 3.29. The van der Waals surface area contributed by atoms with Crippen molar-refractivity contribution in [3.63, 3.8) is 0 Å². The third kappa shape index (κ3) is 3.25. The number of aromatic nitrogens is 3. The lowest BCUT2D eigenvalue weighted by Gasteiger charge is -2.18. The highest BCUT2D eigenvalue weighted by molar-refractivity contribution is 5.93. The number of carboxylic acids is 1. The summed E-state index contributed by atoms with van der Waals surface area (Å²) in [5.74, 6) is 0.315. The third-order valence-electron chi connectivity index (χ3n) is 4.19. The second-order valence-corrected chi connectivity index (χ2v) is 6.00. The number of anilines is 1. The van der Waals surface area contributed by atoms with Gasteiger partial charge in [0.25, 0.3) is 0 Å². The predicted octanol–water partition coefficient (Wildman–Crippen LogP) is 0.876. The largest absolute Gasteiger partial charge is 0.486 e. The van der Waals surface area contributed by atoms with Crippen molar-refractivity contribution in [1.29, 1.82) is 0 Å². The van der Waals surface area contributed by atoms with Gasteiger partial charge in [-0.25, -0.2) is 9.67 Å². The number of hydrogen-bond acceptors (Lipinski definition) is 6. The molecule has 2 aromatic rings. The van der Waals surface area contributed by atoms with Crippen molar-refractivity contribution in [2.45, 2.75) is 18.9 Å². The van der Waals surface area contributed by atoms with Gasteiger partial charge in [-0.2, -0.15) is 0 Å². The number of carbonyl (C=O) groups excluding carboxylic acids is 1. The molecule has 2 aliphatic rings. The van der Waals surface area contributed by atoms with Gasteiger partial charge in [0.15, 0.2) is 11.5 Å². The van der Waals surface area contributed by atoms with Crippen LogP contribution in [0.25, 0.3) is 0 Å². The maximum absolute atomic E-state index is 12.3. The minimum atomic E-state index is -1.02. The van der Waals surface area contributed by atoms with Crippen LogP contribution < -0.4 is 14.8 Å². The number of carboxylic acid groups (broad SMARTS) is 1. The summed E-state index contributed by atoms with van der Waals surface area (Å²) < 4.78 is 12.2. The fourth-order valence-electron chi connectivity index (χ4n) is 2.91. The number of aliphatic carboxylic acids is 1. The maximum Gasteiger partial charge on any atom is 0.325 e. The highest BCUT2D eigenvalue weighted by atomic mass is 16.6. The normalized spacial score (nSPS) is 20.8. The standard InChI is InChI=1S/C16H16N4O5/c21-14(22)7-20-8-17-16(19-20)18-15(23)11-6-10(11)9-1-2-12-13(5-9)25-4-3-24-12/h1-2,5,8,10-11H,3-4,6-7H2,(H,21,22)(H,18,19,23). The summed E-state index contributed by atoms with van der Waals surface area (Å²) in [6.45, 7) is 0.768. The van der Waals surface area contributed by atoms with E-state index in [0.717, 1.165) is 22.4 Å². The van der Waals surface area contributed by atoms with Crippen LogP contribution in [0, 0.1) is 5.92 Å². The Morgan fingerprint density at radius 3 is 2.88 bits per heavy atom. The van der Waals surface area contributed by atoms with E-state index in [1.54, 1.807) is 0 Å². The van der Waals surface area contributed by atoms with E-state index in [1.165, 1.54) is 6.33 Å². The fourth-order valence-corrected chi connectivity index (χ4v) is 2.91. The zero-order valence-corrected chi connectivity index (χ0v) is 13.2. The first-order chi connectivity index (χ1) is 12.1. The minimum Gasteiger partial charge on any atom is -0.486 e. The molecule has 2 unspecified atom stereocenters. The predicted molar refractivity (Wildman–Crippen MR) is 84.6 cm³/mol. The summed E-state index contributed by atoms with van der Waals surface area (Å²) in [5, 5.41) is 15.2. The summed E-state index contributed by atoms with van der Waals surface area (Å²) in [7, 11) is 0. The molecule has 4 rings (SSSR count). The minimum absolute atomic E-state index is 0.110. The molecule has 2 N–H and O–H groups in total.